The molecule has 0 saturated carbocycles. The standard InChI is InChI=1S/C32H31NO3Si/c1-25(34)36-31-27(21-20-26-14-8-5-9-15-26)22-23-33-30(31)24-35-37(32(2,3)4,28-16-10-6-11-17-28)29-18-12-7-13-19-29/h5-19,22-23H,24H2,1-4H3. The van der Waals surface area contributed by atoms with Crippen LogP contribution < -0.4 is 15.1 Å². The van der Waals surface area contributed by atoms with Crippen LogP contribution in [0.4, 0.5) is 0 Å². The number of esters is 1. The molecule has 4 aromatic rings. The summed E-state index contributed by atoms with van der Waals surface area (Å²) in [6.45, 7) is 8.23. The summed E-state index contributed by atoms with van der Waals surface area (Å²) >= 11 is 0. The second kappa shape index (κ2) is 11.4. The van der Waals surface area contributed by atoms with Gasteiger partial charge in [0.2, 0.25) is 0 Å². The van der Waals surface area contributed by atoms with Crippen LogP contribution >= 0.6 is 0 Å². The van der Waals surface area contributed by atoms with E-state index in [0.717, 1.165) is 5.56 Å². The molecule has 0 aliphatic heterocycles. The molecule has 0 atom stereocenters. The van der Waals surface area contributed by atoms with Crippen LogP contribution in [-0.2, 0) is 15.8 Å². The van der Waals surface area contributed by atoms with Gasteiger partial charge in [-0.15, -0.1) is 0 Å². The van der Waals surface area contributed by atoms with Crippen LogP contribution in [-0.4, -0.2) is 19.3 Å². The van der Waals surface area contributed by atoms with Gasteiger partial charge in [0, 0.05) is 18.7 Å². The molecule has 0 unspecified atom stereocenters. The Morgan fingerprint density at radius 2 is 1.35 bits per heavy atom. The zero-order chi connectivity index (χ0) is 26.3. The highest BCUT2D eigenvalue weighted by atomic mass is 28.4. The first-order valence-electron chi connectivity index (χ1n) is 12.3. The molecule has 0 radical (unpaired) electrons. The molecule has 1 heterocycles. The summed E-state index contributed by atoms with van der Waals surface area (Å²) in [6.07, 6.45) is 1.69. The van der Waals surface area contributed by atoms with Gasteiger partial charge in [-0.05, 0) is 33.6 Å². The molecule has 0 spiro atoms. The average molecular weight is 506 g/mol. The predicted octanol–water partition coefficient (Wildman–Crippen LogP) is 5.48. The third kappa shape index (κ3) is 5.88. The SMILES string of the molecule is CC(=O)Oc1c(C#Cc2ccccc2)ccnc1CO[Si](c1ccccc1)(c1ccccc1)C(C)(C)C. The number of rotatable bonds is 6. The van der Waals surface area contributed by atoms with Gasteiger partial charge < -0.3 is 9.16 Å². The Hall–Kier alpha value is -3.98. The van der Waals surface area contributed by atoms with Gasteiger partial charge in [-0.25, -0.2) is 0 Å². The Morgan fingerprint density at radius 1 is 0.811 bits per heavy atom. The van der Waals surface area contributed by atoms with Crippen LogP contribution in [0.25, 0.3) is 0 Å². The Morgan fingerprint density at radius 3 is 1.86 bits per heavy atom. The number of benzene rings is 3. The number of pyridine rings is 1. The third-order valence-corrected chi connectivity index (χ3v) is 11.2. The molecule has 4 nitrogen and oxygen atoms in total. The zero-order valence-electron chi connectivity index (χ0n) is 21.7. The molecule has 0 aliphatic carbocycles. The van der Waals surface area contributed by atoms with Crippen molar-refractivity contribution in [3.8, 4) is 17.6 Å². The molecule has 0 N–H and O–H groups in total. The summed E-state index contributed by atoms with van der Waals surface area (Å²) in [5.41, 5.74) is 2.01. The van der Waals surface area contributed by atoms with Crippen molar-refractivity contribution in [2.75, 3.05) is 0 Å². The largest absolute Gasteiger partial charge is 0.423 e. The summed E-state index contributed by atoms with van der Waals surface area (Å²) in [7, 11) is -2.80. The van der Waals surface area contributed by atoms with Crippen LogP contribution in [0.1, 0.15) is 44.5 Å². The van der Waals surface area contributed by atoms with Gasteiger partial charge in [-0.1, -0.05) is 111 Å². The summed E-state index contributed by atoms with van der Waals surface area (Å²) in [6, 6.07) is 32.3. The van der Waals surface area contributed by atoms with Gasteiger partial charge in [-0.3, -0.25) is 9.78 Å². The highest BCUT2D eigenvalue weighted by molar-refractivity contribution is 6.99. The Balaban J connectivity index is 1.80. The topological polar surface area (TPSA) is 48.4 Å². The molecular weight excluding hydrogens is 474 g/mol. The monoisotopic (exact) mass is 505 g/mol. The fourth-order valence-corrected chi connectivity index (χ4v) is 9.06. The van der Waals surface area contributed by atoms with Gasteiger partial charge in [-0.2, -0.15) is 0 Å². The van der Waals surface area contributed by atoms with E-state index in [4.69, 9.17) is 9.16 Å². The lowest BCUT2D eigenvalue weighted by molar-refractivity contribution is -0.132. The molecule has 0 bridgehead atoms. The Bertz CT molecular complexity index is 1360. The van der Waals surface area contributed by atoms with E-state index in [-0.39, 0.29) is 11.6 Å². The quantitative estimate of drug-likeness (QED) is 0.198. The average Bonchev–Trinajstić information content (AvgIpc) is 2.90. The summed E-state index contributed by atoms with van der Waals surface area (Å²) in [5.74, 6) is 6.22. The molecule has 186 valence electrons. The maximum absolute atomic E-state index is 12.1. The van der Waals surface area contributed by atoms with Crippen molar-refractivity contribution < 1.29 is 14.0 Å². The summed E-state index contributed by atoms with van der Waals surface area (Å²) in [5, 5.41) is 2.15. The minimum Gasteiger partial charge on any atom is -0.423 e. The van der Waals surface area contributed by atoms with E-state index in [1.54, 1.807) is 12.3 Å². The minimum absolute atomic E-state index is 0.177. The van der Waals surface area contributed by atoms with E-state index < -0.39 is 14.3 Å². The first-order valence-corrected chi connectivity index (χ1v) is 14.2. The molecular formula is C32H31NO3Si. The van der Waals surface area contributed by atoms with Crippen molar-refractivity contribution in [1.29, 1.82) is 0 Å². The van der Waals surface area contributed by atoms with Gasteiger partial charge in [0.1, 0.15) is 5.69 Å². The first kappa shape index (κ1) is 26.1. The highest BCUT2D eigenvalue weighted by Crippen LogP contribution is 2.38. The van der Waals surface area contributed by atoms with E-state index in [1.165, 1.54) is 17.3 Å². The number of carbonyl (C=O) groups excluding carboxylic acids is 1. The molecule has 0 saturated heterocycles. The van der Waals surface area contributed by atoms with E-state index >= 15 is 0 Å². The van der Waals surface area contributed by atoms with Crippen LogP contribution in [0.3, 0.4) is 0 Å². The summed E-state index contributed by atoms with van der Waals surface area (Å²) < 4.78 is 12.7. The molecule has 3 aromatic carbocycles. The fourth-order valence-electron chi connectivity index (χ4n) is 4.55. The van der Waals surface area contributed by atoms with E-state index in [1.807, 2.05) is 42.5 Å². The maximum atomic E-state index is 12.1. The molecule has 37 heavy (non-hydrogen) atoms. The van der Waals surface area contributed by atoms with Crippen molar-refractivity contribution in [1.82, 2.24) is 4.98 Å². The summed E-state index contributed by atoms with van der Waals surface area (Å²) in [4.78, 5) is 16.6. The van der Waals surface area contributed by atoms with Gasteiger partial charge in [0.25, 0.3) is 8.32 Å². The van der Waals surface area contributed by atoms with Crippen LogP contribution in [0.15, 0.2) is 103 Å². The molecule has 0 amide bonds. The Kier molecular flexibility index (Phi) is 8.03. The fraction of sp³-hybridized carbons (Fsp3) is 0.188. The van der Waals surface area contributed by atoms with Crippen molar-refractivity contribution >= 4 is 24.7 Å². The van der Waals surface area contributed by atoms with E-state index in [9.17, 15) is 4.79 Å². The normalized spacial score (nSPS) is 11.4. The van der Waals surface area contributed by atoms with Gasteiger partial charge in [0.05, 0.1) is 12.2 Å². The number of carbonyl (C=O) groups is 1. The Labute approximate surface area is 220 Å². The smallest absolute Gasteiger partial charge is 0.308 e. The number of ether oxygens (including phenoxy) is 1. The first-order chi connectivity index (χ1) is 17.8. The molecule has 4 rings (SSSR count). The maximum Gasteiger partial charge on any atom is 0.308 e. The number of hydrogen-bond donors (Lipinski definition) is 0. The van der Waals surface area contributed by atoms with E-state index in [2.05, 4.69) is 86.1 Å². The van der Waals surface area contributed by atoms with Crippen molar-refractivity contribution in [2.45, 2.75) is 39.3 Å². The van der Waals surface area contributed by atoms with Crippen LogP contribution in [0, 0.1) is 11.8 Å². The van der Waals surface area contributed by atoms with Crippen molar-refractivity contribution in [2.24, 2.45) is 0 Å². The van der Waals surface area contributed by atoms with Crippen LogP contribution in [0.2, 0.25) is 5.04 Å². The predicted molar refractivity (Wildman–Crippen MR) is 150 cm³/mol. The van der Waals surface area contributed by atoms with Crippen molar-refractivity contribution in [3.63, 3.8) is 0 Å². The number of nitrogens with zero attached hydrogens (tertiary/aromatic N) is 1. The highest BCUT2D eigenvalue weighted by Gasteiger charge is 2.50. The number of hydrogen-bond acceptors (Lipinski definition) is 4. The number of aromatic nitrogens is 1. The minimum atomic E-state index is -2.80. The molecule has 5 heteroatoms. The van der Waals surface area contributed by atoms with Gasteiger partial charge >= 0.3 is 5.97 Å². The van der Waals surface area contributed by atoms with Gasteiger partial charge in [0.15, 0.2) is 5.75 Å². The lowest BCUT2D eigenvalue weighted by Crippen LogP contribution is -2.66. The van der Waals surface area contributed by atoms with Crippen molar-refractivity contribution in [3.05, 3.63) is 120 Å². The molecule has 0 aliphatic rings. The second-order valence-corrected chi connectivity index (χ2v) is 14.1. The van der Waals surface area contributed by atoms with Crippen LogP contribution in [0.5, 0.6) is 5.75 Å². The zero-order valence-corrected chi connectivity index (χ0v) is 22.7. The molecule has 1 aromatic heterocycles. The second-order valence-electron chi connectivity index (χ2n) is 9.80. The lowest BCUT2D eigenvalue weighted by atomic mass is 10.1. The lowest BCUT2D eigenvalue weighted by Gasteiger charge is -2.43. The molecule has 0 fully saturated rings. The van der Waals surface area contributed by atoms with E-state index in [0.29, 0.717) is 17.0 Å². The third-order valence-electron chi connectivity index (χ3n) is 6.18.